The van der Waals surface area contributed by atoms with Crippen molar-refractivity contribution in [3.8, 4) is 0 Å². The standard InChI is InChI=1S/C27H24F3NO2/c1-15-10-21(26(31-14-15)9-7-18-13-24(29)16(2)11-25(18)30)20-5-3-4-19(20)17-6-8-23(28)22(12-17)27(32)33/h6,8,10-14H,3-5,7,9H2,1-2H3,(H,32,33). The van der Waals surface area contributed by atoms with Gasteiger partial charge >= 0.3 is 5.97 Å². The number of halogens is 3. The fourth-order valence-electron chi connectivity index (χ4n) is 4.43. The van der Waals surface area contributed by atoms with Gasteiger partial charge in [-0.1, -0.05) is 6.07 Å². The van der Waals surface area contributed by atoms with Gasteiger partial charge in [0, 0.05) is 11.9 Å². The third-order valence-corrected chi connectivity index (χ3v) is 6.15. The number of aromatic carboxylic acids is 1. The molecular weight excluding hydrogens is 427 g/mol. The first kappa shape index (κ1) is 22.8. The van der Waals surface area contributed by atoms with Gasteiger partial charge in [-0.25, -0.2) is 18.0 Å². The van der Waals surface area contributed by atoms with Crippen LogP contribution in [-0.4, -0.2) is 16.1 Å². The molecule has 1 aliphatic carbocycles. The summed E-state index contributed by atoms with van der Waals surface area (Å²) in [4.78, 5) is 16.0. The van der Waals surface area contributed by atoms with E-state index in [0.717, 1.165) is 47.2 Å². The van der Waals surface area contributed by atoms with Crippen LogP contribution in [0.2, 0.25) is 0 Å². The fourth-order valence-corrected chi connectivity index (χ4v) is 4.43. The second-order valence-corrected chi connectivity index (χ2v) is 8.51. The van der Waals surface area contributed by atoms with Gasteiger partial charge in [-0.05, 0) is 115 Å². The van der Waals surface area contributed by atoms with Crippen molar-refractivity contribution in [3.63, 3.8) is 0 Å². The van der Waals surface area contributed by atoms with Crippen LogP contribution in [-0.2, 0) is 12.8 Å². The lowest BCUT2D eigenvalue weighted by Crippen LogP contribution is -2.04. The molecule has 0 aliphatic heterocycles. The van der Waals surface area contributed by atoms with Gasteiger partial charge in [-0.3, -0.25) is 4.98 Å². The Balaban J connectivity index is 1.73. The molecule has 0 unspecified atom stereocenters. The highest BCUT2D eigenvalue weighted by Gasteiger charge is 2.22. The predicted octanol–water partition coefficient (Wildman–Crippen LogP) is 6.69. The summed E-state index contributed by atoms with van der Waals surface area (Å²) < 4.78 is 42.2. The van der Waals surface area contributed by atoms with Gasteiger partial charge in [0.05, 0.1) is 5.56 Å². The maximum Gasteiger partial charge on any atom is 0.338 e. The van der Waals surface area contributed by atoms with E-state index in [1.807, 2.05) is 13.0 Å². The molecule has 0 radical (unpaired) electrons. The second-order valence-electron chi connectivity index (χ2n) is 8.51. The molecule has 3 nitrogen and oxygen atoms in total. The minimum Gasteiger partial charge on any atom is -0.478 e. The first-order chi connectivity index (χ1) is 15.7. The maximum absolute atomic E-state index is 14.3. The average molecular weight is 451 g/mol. The largest absolute Gasteiger partial charge is 0.478 e. The smallest absolute Gasteiger partial charge is 0.338 e. The molecule has 4 rings (SSSR count). The van der Waals surface area contributed by atoms with E-state index < -0.39 is 23.4 Å². The molecular formula is C27H24F3NO2. The SMILES string of the molecule is Cc1cnc(CCc2cc(F)c(C)cc2F)c(C2=C(c3ccc(F)c(C(=O)O)c3)CCC2)c1. The zero-order valence-corrected chi connectivity index (χ0v) is 18.5. The lowest BCUT2D eigenvalue weighted by molar-refractivity contribution is 0.0692. The number of carboxylic acid groups (broad SMARTS) is 1. The van der Waals surface area contributed by atoms with Crippen LogP contribution < -0.4 is 0 Å². The number of aryl methyl sites for hydroxylation is 4. The predicted molar refractivity (Wildman–Crippen MR) is 122 cm³/mol. The van der Waals surface area contributed by atoms with E-state index in [0.29, 0.717) is 24.0 Å². The summed E-state index contributed by atoms with van der Waals surface area (Å²) >= 11 is 0. The number of allylic oxidation sites excluding steroid dienone is 2. The van der Waals surface area contributed by atoms with E-state index in [9.17, 15) is 23.1 Å². The number of hydrogen-bond donors (Lipinski definition) is 1. The molecule has 0 spiro atoms. The molecule has 2 aromatic carbocycles. The van der Waals surface area contributed by atoms with Crippen molar-refractivity contribution < 1.29 is 23.1 Å². The van der Waals surface area contributed by atoms with Crippen molar-refractivity contribution in [1.82, 2.24) is 4.98 Å². The van der Waals surface area contributed by atoms with Gasteiger partial charge in [0.15, 0.2) is 0 Å². The van der Waals surface area contributed by atoms with Gasteiger partial charge in [0.25, 0.3) is 0 Å². The van der Waals surface area contributed by atoms with Crippen LogP contribution in [0, 0.1) is 31.3 Å². The Morgan fingerprint density at radius 3 is 2.45 bits per heavy atom. The van der Waals surface area contributed by atoms with Crippen molar-refractivity contribution in [1.29, 1.82) is 0 Å². The van der Waals surface area contributed by atoms with E-state index >= 15 is 0 Å². The normalized spacial score (nSPS) is 13.6. The summed E-state index contributed by atoms with van der Waals surface area (Å²) in [5.41, 5.74) is 5.57. The third-order valence-electron chi connectivity index (χ3n) is 6.15. The lowest BCUT2D eigenvalue weighted by Gasteiger charge is -2.15. The number of benzene rings is 2. The Hall–Kier alpha value is -3.41. The zero-order chi connectivity index (χ0) is 23.7. The molecule has 0 saturated heterocycles. The van der Waals surface area contributed by atoms with E-state index in [-0.39, 0.29) is 11.1 Å². The number of nitrogens with zero attached hydrogens (tertiary/aromatic N) is 1. The zero-order valence-electron chi connectivity index (χ0n) is 18.5. The van der Waals surface area contributed by atoms with Crippen LogP contribution in [0.25, 0.3) is 11.1 Å². The molecule has 1 aromatic heterocycles. The van der Waals surface area contributed by atoms with E-state index in [4.69, 9.17) is 0 Å². The first-order valence-corrected chi connectivity index (χ1v) is 10.9. The summed E-state index contributed by atoms with van der Waals surface area (Å²) in [6, 6.07) is 8.65. The highest BCUT2D eigenvalue weighted by atomic mass is 19.1. The highest BCUT2D eigenvalue weighted by molar-refractivity contribution is 5.96. The van der Waals surface area contributed by atoms with Crippen molar-refractivity contribution in [3.05, 3.63) is 99.1 Å². The van der Waals surface area contributed by atoms with Crippen LogP contribution in [0.15, 0.2) is 42.6 Å². The summed E-state index contributed by atoms with van der Waals surface area (Å²) in [5.74, 6) is -2.94. The molecule has 1 N–H and O–H groups in total. The molecule has 1 heterocycles. The van der Waals surface area contributed by atoms with Crippen molar-refractivity contribution in [2.24, 2.45) is 0 Å². The molecule has 170 valence electrons. The van der Waals surface area contributed by atoms with Gasteiger partial charge in [-0.15, -0.1) is 0 Å². The molecule has 0 amide bonds. The molecule has 0 bridgehead atoms. The quantitative estimate of drug-likeness (QED) is 0.454. The Labute approximate surface area is 190 Å². The van der Waals surface area contributed by atoms with Gasteiger partial charge in [0.2, 0.25) is 0 Å². The molecule has 3 aromatic rings. The van der Waals surface area contributed by atoms with Crippen LogP contribution in [0.3, 0.4) is 0 Å². The van der Waals surface area contributed by atoms with Gasteiger partial charge in [-0.2, -0.15) is 0 Å². The Morgan fingerprint density at radius 2 is 1.70 bits per heavy atom. The van der Waals surface area contributed by atoms with Crippen molar-refractivity contribution in [2.45, 2.75) is 46.0 Å². The van der Waals surface area contributed by atoms with Crippen LogP contribution in [0.5, 0.6) is 0 Å². The minimum absolute atomic E-state index is 0.270. The highest BCUT2D eigenvalue weighted by Crippen LogP contribution is 2.41. The maximum atomic E-state index is 14.3. The average Bonchev–Trinajstić information content (AvgIpc) is 3.26. The number of aromatic nitrogens is 1. The number of pyridine rings is 1. The van der Waals surface area contributed by atoms with Gasteiger partial charge < -0.3 is 5.11 Å². The van der Waals surface area contributed by atoms with Crippen LogP contribution in [0.1, 0.15) is 63.1 Å². The van der Waals surface area contributed by atoms with E-state index in [2.05, 4.69) is 4.98 Å². The first-order valence-electron chi connectivity index (χ1n) is 10.9. The molecule has 6 heteroatoms. The Bertz CT molecular complexity index is 1280. The van der Waals surface area contributed by atoms with Crippen molar-refractivity contribution >= 4 is 17.1 Å². The Morgan fingerprint density at radius 1 is 0.939 bits per heavy atom. The minimum atomic E-state index is -1.31. The topological polar surface area (TPSA) is 50.2 Å². The molecule has 0 fully saturated rings. The summed E-state index contributed by atoms with van der Waals surface area (Å²) in [6.07, 6.45) is 4.88. The molecule has 33 heavy (non-hydrogen) atoms. The second kappa shape index (κ2) is 9.22. The summed E-state index contributed by atoms with van der Waals surface area (Å²) in [6.45, 7) is 3.46. The third kappa shape index (κ3) is 4.70. The summed E-state index contributed by atoms with van der Waals surface area (Å²) in [7, 11) is 0. The Kier molecular flexibility index (Phi) is 6.36. The number of rotatable bonds is 6. The molecule has 0 atom stereocenters. The van der Waals surface area contributed by atoms with E-state index in [1.54, 1.807) is 12.3 Å². The molecule has 0 saturated carbocycles. The lowest BCUT2D eigenvalue weighted by atomic mass is 9.92. The van der Waals surface area contributed by atoms with Crippen LogP contribution in [0.4, 0.5) is 13.2 Å². The van der Waals surface area contributed by atoms with Crippen molar-refractivity contribution in [2.75, 3.05) is 0 Å². The molecule has 1 aliphatic rings. The number of hydrogen-bond acceptors (Lipinski definition) is 2. The van der Waals surface area contributed by atoms with Gasteiger partial charge in [0.1, 0.15) is 17.5 Å². The number of carboxylic acids is 1. The monoisotopic (exact) mass is 451 g/mol. The fraction of sp³-hybridized carbons (Fsp3) is 0.259. The van der Waals surface area contributed by atoms with Crippen LogP contribution >= 0.6 is 0 Å². The summed E-state index contributed by atoms with van der Waals surface area (Å²) in [5, 5.41) is 9.31. The number of carbonyl (C=O) groups is 1. The van der Waals surface area contributed by atoms with E-state index in [1.165, 1.54) is 31.2 Å².